The smallest absolute Gasteiger partial charge is 0.391 e. The summed E-state index contributed by atoms with van der Waals surface area (Å²) in [5.74, 6) is -6.14. The van der Waals surface area contributed by atoms with Gasteiger partial charge in [0.2, 0.25) is 0 Å². The number of nitrogens with zero attached hydrogens (tertiary/aromatic N) is 1. The van der Waals surface area contributed by atoms with E-state index >= 15 is 0 Å². The predicted octanol–water partition coefficient (Wildman–Crippen LogP) is 3.51. The highest BCUT2D eigenvalue weighted by molar-refractivity contribution is 5.94. The van der Waals surface area contributed by atoms with Crippen molar-refractivity contribution < 1.29 is 40.7 Å². The molecule has 1 amide bonds. The lowest BCUT2D eigenvalue weighted by Gasteiger charge is -2.36. The lowest BCUT2D eigenvalue weighted by Crippen LogP contribution is -2.47. The van der Waals surface area contributed by atoms with E-state index in [0.29, 0.717) is 0 Å². The molecule has 0 saturated heterocycles. The molecule has 0 unspecified atom stereocenters. The molecule has 0 radical (unpaired) electrons. The number of pyridine rings is 1. The lowest BCUT2D eigenvalue weighted by atomic mass is 9.77. The number of hydrogen-bond donors (Lipinski definition) is 1. The summed E-state index contributed by atoms with van der Waals surface area (Å²) >= 11 is 0. The Kier molecular flexibility index (Phi) is 6.01. The Morgan fingerprint density at radius 2 is 1.52 bits per heavy atom. The molecule has 2 atom stereocenters. The molecule has 5 nitrogen and oxygen atoms in total. The van der Waals surface area contributed by atoms with Gasteiger partial charge in [-0.2, -0.15) is 26.3 Å². The third kappa shape index (κ3) is 5.33. The number of carbonyl (C=O) groups excluding carboxylic acids is 2. The minimum absolute atomic E-state index is 0.213. The predicted molar refractivity (Wildman–Crippen MR) is 79.8 cm³/mol. The number of esters is 1. The van der Waals surface area contributed by atoms with Crippen LogP contribution in [0.3, 0.4) is 0 Å². The molecule has 2 rings (SSSR count). The molecule has 11 heteroatoms. The topological polar surface area (TPSA) is 68.3 Å². The third-order valence-corrected chi connectivity index (χ3v) is 4.34. The van der Waals surface area contributed by atoms with Crippen molar-refractivity contribution in [3.05, 3.63) is 29.6 Å². The van der Waals surface area contributed by atoms with Gasteiger partial charge in [-0.3, -0.25) is 4.79 Å². The molecule has 1 N–H and O–H groups in total. The molecule has 1 aromatic heterocycles. The van der Waals surface area contributed by atoms with Crippen LogP contribution in [0.1, 0.15) is 40.2 Å². The first-order chi connectivity index (χ1) is 12.4. The quantitative estimate of drug-likeness (QED) is 0.625. The number of aromatic nitrogens is 1. The Labute approximate surface area is 150 Å². The standard InChI is InChI=1S/C16H16F6N2O3/c1-27-14(26)12-4-2-3-11(24-12)13(25)23-10-6-8(15(17,18)19)5-9(7-10)16(20,21)22/h2-4,8-10H,5-7H2,1H3,(H,23,25)/t8-,9-/m0/s1. The summed E-state index contributed by atoms with van der Waals surface area (Å²) in [5, 5.41) is 2.17. The SMILES string of the molecule is COC(=O)c1cccc(C(=O)NC2C[C@@H](C(F)(F)F)C[C@H](C(F)(F)F)C2)n1. The van der Waals surface area contributed by atoms with E-state index in [1.54, 1.807) is 0 Å². The number of methoxy groups -OCH3 is 1. The summed E-state index contributed by atoms with van der Waals surface area (Å²) in [5.41, 5.74) is -0.522. The van der Waals surface area contributed by atoms with Crippen LogP contribution in [-0.4, -0.2) is 42.4 Å². The van der Waals surface area contributed by atoms with Gasteiger partial charge in [0.15, 0.2) is 0 Å². The van der Waals surface area contributed by atoms with Crippen molar-refractivity contribution in [2.75, 3.05) is 7.11 Å². The van der Waals surface area contributed by atoms with Gasteiger partial charge < -0.3 is 10.1 Å². The van der Waals surface area contributed by atoms with Crippen LogP contribution in [-0.2, 0) is 4.74 Å². The number of ether oxygens (including phenoxy) is 1. The molecule has 0 aromatic carbocycles. The number of rotatable bonds is 3. The highest BCUT2D eigenvalue weighted by Crippen LogP contribution is 2.45. The van der Waals surface area contributed by atoms with Crippen LogP contribution in [0.4, 0.5) is 26.3 Å². The van der Waals surface area contributed by atoms with Crippen molar-refractivity contribution in [1.82, 2.24) is 10.3 Å². The normalized spacial score (nSPS) is 23.6. The second-order valence-electron chi connectivity index (χ2n) is 6.25. The lowest BCUT2D eigenvalue weighted by molar-refractivity contribution is -0.225. The first-order valence-electron chi connectivity index (χ1n) is 7.91. The number of amides is 1. The molecule has 27 heavy (non-hydrogen) atoms. The van der Waals surface area contributed by atoms with Gasteiger partial charge in [-0.05, 0) is 31.4 Å². The molecule has 1 fully saturated rings. The van der Waals surface area contributed by atoms with Crippen LogP contribution in [0, 0.1) is 11.8 Å². The summed E-state index contributed by atoms with van der Waals surface area (Å²) in [6, 6.07) is 2.41. The van der Waals surface area contributed by atoms with Crippen LogP contribution in [0.25, 0.3) is 0 Å². The molecule has 0 spiro atoms. The van der Waals surface area contributed by atoms with Crippen molar-refractivity contribution in [3.8, 4) is 0 Å². The van der Waals surface area contributed by atoms with Crippen molar-refractivity contribution in [1.29, 1.82) is 0 Å². The molecular weight excluding hydrogens is 382 g/mol. The summed E-state index contributed by atoms with van der Waals surface area (Å²) in [4.78, 5) is 27.3. The Morgan fingerprint density at radius 3 is 2.00 bits per heavy atom. The van der Waals surface area contributed by atoms with Gasteiger partial charge in [0, 0.05) is 6.04 Å². The molecule has 1 heterocycles. The maximum atomic E-state index is 13.0. The van der Waals surface area contributed by atoms with Gasteiger partial charge in [0.1, 0.15) is 11.4 Å². The van der Waals surface area contributed by atoms with E-state index in [2.05, 4.69) is 15.0 Å². The Bertz CT molecular complexity index is 682. The van der Waals surface area contributed by atoms with E-state index in [1.807, 2.05) is 0 Å². The van der Waals surface area contributed by atoms with Gasteiger partial charge in [0.25, 0.3) is 5.91 Å². The van der Waals surface area contributed by atoms with Crippen LogP contribution < -0.4 is 5.32 Å². The molecule has 0 bridgehead atoms. The monoisotopic (exact) mass is 398 g/mol. The van der Waals surface area contributed by atoms with Gasteiger partial charge in [0.05, 0.1) is 18.9 Å². The Balaban J connectivity index is 2.16. The first-order valence-corrected chi connectivity index (χ1v) is 7.91. The average Bonchev–Trinajstić information content (AvgIpc) is 2.59. The maximum Gasteiger partial charge on any atom is 0.391 e. The zero-order valence-corrected chi connectivity index (χ0v) is 14.0. The third-order valence-electron chi connectivity index (χ3n) is 4.34. The summed E-state index contributed by atoms with van der Waals surface area (Å²) in [6.45, 7) is 0. The number of nitrogens with one attached hydrogen (secondary N) is 1. The second-order valence-corrected chi connectivity index (χ2v) is 6.25. The summed E-state index contributed by atoms with van der Waals surface area (Å²) in [7, 11) is 1.09. The van der Waals surface area contributed by atoms with Crippen LogP contribution in [0.2, 0.25) is 0 Å². The fraction of sp³-hybridized carbons (Fsp3) is 0.562. The fourth-order valence-corrected chi connectivity index (χ4v) is 3.01. The van der Waals surface area contributed by atoms with Crippen molar-refractivity contribution in [2.24, 2.45) is 11.8 Å². The molecule has 1 aliphatic rings. The zero-order chi connectivity index (χ0) is 20.4. The van der Waals surface area contributed by atoms with Crippen LogP contribution in [0.5, 0.6) is 0 Å². The number of carbonyl (C=O) groups is 2. The van der Waals surface area contributed by atoms with Crippen molar-refractivity contribution in [2.45, 2.75) is 37.7 Å². The first kappa shape index (κ1) is 21.0. The van der Waals surface area contributed by atoms with E-state index in [0.717, 1.165) is 7.11 Å². The number of halogens is 6. The van der Waals surface area contributed by atoms with E-state index in [4.69, 9.17) is 0 Å². The summed E-state index contributed by atoms with van der Waals surface area (Å²) < 4.78 is 82.3. The fourth-order valence-electron chi connectivity index (χ4n) is 3.01. The zero-order valence-electron chi connectivity index (χ0n) is 14.0. The molecule has 1 aliphatic carbocycles. The van der Waals surface area contributed by atoms with Crippen molar-refractivity contribution >= 4 is 11.9 Å². The number of hydrogen-bond acceptors (Lipinski definition) is 4. The average molecular weight is 398 g/mol. The van der Waals surface area contributed by atoms with Crippen molar-refractivity contribution in [3.63, 3.8) is 0 Å². The highest BCUT2D eigenvalue weighted by atomic mass is 19.4. The molecule has 0 aliphatic heterocycles. The molecular formula is C16H16F6N2O3. The molecule has 1 saturated carbocycles. The maximum absolute atomic E-state index is 13.0. The van der Waals surface area contributed by atoms with E-state index in [-0.39, 0.29) is 11.4 Å². The highest BCUT2D eigenvalue weighted by Gasteiger charge is 2.52. The van der Waals surface area contributed by atoms with E-state index in [1.165, 1.54) is 18.2 Å². The minimum atomic E-state index is -4.80. The van der Waals surface area contributed by atoms with Gasteiger partial charge in [-0.1, -0.05) is 6.07 Å². The Morgan fingerprint density at radius 1 is 1.00 bits per heavy atom. The van der Waals surface area contributed by atoms with Gasteiger partial charge in [-0.15, -0.1) is 0 Å². The summed E-state index contributed by atoms with van der Waals surface area (Å²) in [6.07, 6.45) is -12.0. The van der Waals surface area contributed by atoms with Gasteiger partial charge >= 0.3 is 18.3 Å². The molecule has 150 valence electrons. The minimum Gasteiger partial charge on any atom is -0.464 e. The largest absolute Gasteiger partial charge is 0.464 e. The number of alkyl halides is 6. The van der Waals surface area contributed by atoms with Gasteiger partial charge in [-0.25, -0.2) is 9.78 Å². The van der Waals surface area contributed by atoms with E-state index < -0.39 is 61.4 Å². The van der Waals surface area contributed by atoms with E-state index in [9.17, 15) is 35.9 Å². The molecule has 1 aromatic rings. The Hall–Kier alpha value is -2.33. The van der Waals surface area contributed by atoms with Crippen LogP contribution >= 0.6 is 0 Å². The van der Waals surface area contributed by atoms with Crippen LogP contribution in [0.15, 0.2) is 18.2 Å². The second kappa shape index (κ2) is 7.73.